The van der Waals surface area contributed by atoms with Crippen LogP contribution in [0, 0.1) is 23.7 Å². The number of rotatable bonds is 4. The third-order valence-corrected chi connectivity index (χ3v) is 11.9. The Balaban J connectivity index is 2.76. The SMILES string of the molecule is CC1=C[C](C)([Ti]([CH]=O)([CH]=O)[CH]=O)C2=C1C(C)C(C)C(C)C2C. The van der Waals surface area contributed by atoms with Gasteiger partial charge < -0.3 is 0 Å². The predicted octanol–water partition coefficient (Wildman–Crippen LogP) is 3.70. The number of allylic oxidation sites excluding steroid dienone is 4. The summed E-state index contributed by atoms with van der Waals surface area (Å²) in [5.41, 5.74) is 3.63. The van der Waals surface area contributed by atoms with Gasteiger partial charge in [-0.15, -0.1) is 0 Å². The fourth-order valence-electron chi connectivity index (χ4n) is 4.65. The van der Waals surface area contributed by atoms with Gasteiger partial charge in [0.15, 0.2) is 0 Å². The first-order valence-electron chi connectivity index (χ1n) is 8.04. The van der Waals surface area contributed by atoms with Gasteiger partial charge in [0.1, 0.15) is 0 Å². The van der Waals surface area contributed by atoms with Crippen LogP contribution in [0.25, 0.3) is 0 Å². The quantitative estimate of drug-likeness (QED) is 0.580. The van der Waals surface area contributed by atoms with E-state index < -0.39 is 20.3 Å². The van der Waals surface area contributed by atoms with Crippen LogP contribution >= 0.6 is 0 Å². The molecule has 0 bridgehead atoms. The molecule has 0 aromatic heterocycles. The fraction of sp³-hybridized carbons (Fsp3) is 0.611. The molecule has 0 heterocycles. The molecule has 0 fully saturated rings. The maximum atomic E-state index is 11.8. The molecule has 4 heteroatoms. The van der Waals surface area contributed by atoms with Crippen molar-refractivity contribution in [3.05, 3.63) is 22.8 Å². The molecule has 0 saturated carbocycles. The van der Waals surface area contributed by atoms with Crippen molar-refractivity contribution in [1.82, 2.24) is 0 Å². The second kappa shape index (κ2) is 5.68. The van der Waals surface area contributed by atoms with Crippen molar-refractivity contribution in [1.29, 1.82) is 0 Å². The first kappa shape index (κ1) is 17.6. The molecule has 5 atom stereocenters. The normalized spacial score (nSPS) is 38.4. The Hall–Kier alpha value is -0.796. The van der Waals surface area contributed by atoms with Crippen LogP contribution in [0.1, 0.15) is 41.5 Å². The molecule has 0 saturated heterocycles. The van der Waals surface area contributed by atoms with Crippen molar-refractivity contribution in [3.8, 4) is 0 Å². The molecule has 0 amide bonds. The van der Waals surface area contributed by atoms with Crippen LogP contribution in [0.15, 0.2) is 22.8 Å². The Morgan fingerprint density at radius 2 is 1.41 bits per heavy atom. The number of hydrogen-bond acceptors (Lipinski definition) is 3. The number of carbonyl (C=O) groups is 3. The van der Waals surface area contributed by atoms with Crippen LogP contribution in [0.5, 0.6) is 0 Å². The topological polar surface area (TPSA) is 51.2 Å². The van der Waals surface area contributed by atoms with E-state index in [9.17, 15) is 14.4 Å². The minimum absolute atomic E-state index is 0.282. The van der Waals surface area contributed by atoms with Crippen molar-refractivity contribution >= 4 is 13.8 Å². The number of carbonyl (C=O) groups excluding carboxylic acids is 3. The van der Waals surface area contributed by atoms with E-state index in [0.29, 0.717) is 31.5 Å². The predicted molar refractivity (Wildman–Crippen MR) is 86.1 cm³/mol. The molecule has 2 aliphatic rings. The standard InChI is InChI=1S/C15H23.3CHO.Ti/c1-8-7-9(2)15-13(6)11(4)10(3)12(5)14(8)15;3*1-2;/h7,10-13H,1-6H3;3*1H;. The molecule has 22 heavy (non-hydrogen) atoms. The zero-order valence-corrected chi connectivity index (χ0v) is 15.9. The zero-order valence-electron chi connectivity index (χ0n) is 14.3. The van der Waals surface area contributed by atoms with Gasteiger partial charge in [0.2, 0.25) is 0 Å². The molecule has 0 aromatic rings. The molecule has 0 radical (unpaired) electrons. The van der Waals surface area contributed by atoms with E-state index in [1.54, 1.807) is 0 Å². The zero-order chi connectivity index (χ0) is 16.9. The minimum atomic E-state index is -3.96. The Morgan fingerprint density at radius 1 is 0.955 bits per heavy atom. The van der Waals surface area contributed by atoms with Crippen LogP contribution < -0.4 is 0 Å². The second-order valence-electron chi connectivity index (χ2n) is 7.44. The van der Waals surface area contributed by atoms with Gasteiger partial charge in [-0.3, -0.25) is 0 Å². The van der Waals surface area contributed by atoms with E-state index in [2.05, 4.69) is 34.6 Å². The maximum absolute atomic E-state index is 11.8. The Morgan fingerprint density at radius 3 is 1.86 bits per heavy atom. The second-order valence-corrected chi connectivity index (χ2v) is 13.1. The van der Waals surface area contributed by atoms with E-state index in [0.717, 1.165) is 5.57 Å². The van der Waals surface area contributed by atoms with Crippen LogP contribution in [0.4, 0.5) is 0 Å². The van der Waals surface area contributed by atoms with E-state index >= 15 is 0 Å². The summed E-state index contributed by atoms with van der Waals surface area (Å²) in [7, 11) is 0. The first-order valence-corrected chi connectivity index (χ1v) is 11.5. The van der Waals surface area contributed by atoms with Gasteiger partial charge in [0.05, 0.1) is 0 Å². The van der Waals surface area contributed by atoms with E-state index in [4.69, 9.17) is 0 Å². The molecule has 120 valence electrons. The molecule has 2 rings (SSSR count). The Kier molecular flexibility index (Phi) is 4.54. The summed E-state index contributed by atoms with van der Waals surface area (Å²) in [6.45, 7) is 12.9. The fourth-order valence-corrected chi connectivity index (χ4v) is 8.08. The summed E-state index contributed by atoms with van der Waals surface area (Å²) >= 11 is -3.96. The summed E-state index contributed by atoms with van der Waals surface area (Å²) in [4.78, 5) is 35.3. The molecule has 0 N–H and O–H groups in total. The molecular formula is C18H26O3Ti. The van der Waals surface area contributed by atoms with Crippen molar-refractivity contribution in [2.75, 3.05) is 0 Å². The van der Waals surface area contributed by atoms with E-state index in [1.165, 1.54) is 11.1 Å². The Labute approximate surface area is 136 Å². The average molecular weight is 338 g/mol. The van der Waals surface area contributed by atoms with Crippen LogP contribution in [0.2, 0.25) is 3.72 Å². The molecule has 0 aliphatic heterocycles. The van der Waals surface area contributed by atoms with Gasteiger partial charge in [-0.2, -0.15) is 0 Å². The van der Waals surface area contributed by atoms with Crippen LogP contribution in [-0.4, -0.2) is 13.8 Å². The molecule has 0 spiro atoms. The van der Waals surface area contributed by atoms with E-state index in [1.807, 2.05) is 13.0 Å². The Bertz CT molecular complexity index is 567. The van der Waals surface area contributed by atoms with Gasteiger partial charge in [0.25, 0.3) is 0 Å². The summed E-state index contributed by atoms with van der Waals surface area (Å²) in [6.07, 6.45) is 2.05. The summed E-state index contributed by atoms with van der Waals surface area (Å²) in [5.74, 6) is 1.69. The van der Waals surface area contributed by atoms with Gasteiger partial charge in [-0.05, 0) is 0 Å². The van der Waals surface area contributed by atoms with Gasteiger partial charge in [-0.25, -0.2) is 0 Å². The van der Waals surface area contributed by atoms with Gasteiger partial charge in [-0.1, -0.05) is 0 Å². The van der Waals surface area contributed by atoms with Crippen LogP contribution in [-0.2, 0) is 31.0 Å². The van der Waals surface area contributed by atoms with Crippen molar-refractivity contribution < 1.29 is 31.0 Å². The molecule has 3 nitrogen and oxygen atoms in total. The van der Waals surface area contributed by atoms with Crippen molar-refractivity contribution in [3.63, 3.8) is 0 Å². The molecular weight excluding hydrogens is 312 g/mol. The summed E-state index contributed by atoms with van der Waals surface area (Å²) < 4.78 is 1.46. The molecule has 0 aromatic carbocycles. The number of hydrogen-bond donors (Lipinski definition) is 0. The monoisotopic (exact) mass is 338 g/mol. The third-order valence-electron chi connectivity index (χ3n) is 6.58. The first-order chi connectivity index (χ1) is 10.2. The van der Waals surface area contributed by atoms with Gasteiger partial charge in [0, 0.05) is 0 Å². The van der Waals surface area contributed by atoms with Crippen molar-refractivity contribution in [2.45, 2.75) is 45.3 Å². The molecule has 2 aliphatic carbocycles. The van der Waals surface area contributed by atoms with Crippen LogP contribution in [0.3, 0.4) is 0 Å². The van der Waals surface area contributed by atoms with Gasteiger partial charge >= 0.3 is 136 Å². The average Bonchev–Trinajstić information content (AvgIpc) is 2.77. The summed E-state index contributed by atoms with van der Waals surface area (Å²) in [5, 5.41) is 0. The summed E-state index contributed by atoms with van der Waals surface area (Å²) in [6, 6.07) is 0. The van der Waals surface area contributed by atoms with E-state index in [-0.39, 0.29) is 5.92 Å². The van der Waals surface area contributed by atoms with Crippen molar-refractivity contribution in [2.24, 2.45) is 23.7 Å². The third kappa shape index (κ3) is 2.01. The molecule has 5 unspecified atom stereocenters.